The number of furan rings is 2. The summed E-state index contributed by atoms with van der Waals surface area (Å²) in [5.74, 6) is 0.552. The van der Waals surface area contributed by atoms with E-state index in [0.29, 0.717) is 23.7 Å². The highest BCUT2D eigenvalue weighted by atomic mass is 16.3. The predicted molar refractivity (Wildman–Crippen MR) is 56.8 cm³/mol. The topological polar surface area (TPSA) is 60.4 Å². The molecule has 2 aromatic heterocycles. The number of hydrogen-bond donors (Lipinski definition) is 0. The zero-order valence-electron chi connectivity index (χ0n) is 8.10. The van der Waals surface area contributed by atoms with Gasteiger partial charge in [-0.15, -0.1) is 0 Å². The molecule has 0 unspecified atom stereocenters. The molecule has 4 heteroatoms. The number of rotatable bonds is 2. The van der Waals surface area contributed by atoms with E-state index < -0.39 is 0 Å². The van der Waals surface area contributed by atoms with E-state index in [1.165, 1.54) is 0 Å². The molecule has 2 heterocycles. The van der Waals surface area contributed by atoms with E-state index in [1.54, 1.807) is 24.3 Å². The Morgan fingerprint density at radius 2 is 1.19 bits per heavy atom. The lowest BCUT2D eigenvalue weighted by Gasteiger charge is -1.87. The predicted octanol–water partition coefficient (Wildman–Crippen LogP) is 2.80. The summed E-state index contributed by atoms with van der Waals surface area (Å²) in [5, 5.41) is 1.56. The van der Waals surface area contributed by atoms with E-state index in [-0.39, 0.29) is 11.5 Å². The van der Waals surface area contributed by atoms with Crippen molar-refractivity contribution in [2.24, 2.45) is 0 Å². The van der Waals surface area contributed by atoms with Gasteiger partial charge in [-0.05, 0) is 24.3 Å². The van der Waals surface area contributed by atoms with Crippen molar-refractivity contribution in [2.45, 2.75) is 0 Å². The molecule has 78 valence electrons. The zero-order valence-corrected chi connectivity index (χ0v) is 8.10. The van der Waals surface area contributed by atoms with E-state index in [0.717, 1.165) is 10.8 Å². The van der Waals surface area contributed by atoms with Gasteiger partial charge in [-0.3, -0.25) is 9.59 Å². The Hall–Kier alpha value is -2.36. The molecule has 3 rings (SSSR count). The quantitative estimate of drug-likeness (QED) is 0.615. The summed E-state index contributed by atoms with van der Waals surface area (Å²) in [6, 6.07) is 6.75. The Morgan fingerprint density at radius 1 is 0.750 bits per heavy atom. The van der Waals surface area contributed by atoms with Gasteiger partial charge in [0.15, 0.2) is 24.1 Å². The lowest BCUT2D eigenvalue weighted by atomic mass is 10.2. The van der Waals surface area contributed by atoms with Crippen LogP contribution < -0.4 is 0 Å². The van der Waals surface area contributed by atoms with E-state index >= 15 is 0 Å². The van der Waals surface area contributed by atoms with Crippen molar-refractivity contribution in [2.75, 3.05) is 0 Å². The maximum absolute atomic E-state index is 10.5. The van der Waals surface area contributed by atoms with Crippen LogP contribution in [0, 0.1) is 0 Å². The van der Waals surface area contributed by atoms with Crippen LogP contribution in [0.5, 0.6) is 0 Å². The van der Waals surface area contributed by atoms with Gasteiger partial charge in [0.25, 0.3) is 0 Å². The second kappa shape index (κ2) is 3.06. The lowest BCUT2D eigenvalue weighted by molar-refractivity contribution is 0.109. The highest BCUT2D eigenvalue weighted by Gasteiger charge is 2.08. The third-order valence-corrected chi connectivity index (χ3v) is 2.43. The van der Waals surface area contributed by atoms with Gasteiger partial charge < -0.3 is 8.83 Å². The Morgan fingerprint density at radius 3 is 1.56 bits per heavy atom. The van der Waals surface area contributed by atoms with Crippen molar-refractivity contribution in [3.8, 4) is 0 Å². The van der Waals surface area contributed by atoms with Crippen molar-refractivity contribution >= 4 is 34.5 Å². The molecule has 0 spiro atoms. The molecule has 0 bridgehead atoms. The van der Waals surface area contributed by atoms with E-state index in [2.05, 4.69) is 0 Å². The fourth-order valence-electron chi connectivity index (χ4n) is 1.73. The summed E-state index contributed by atoms with van der Waals surface area (Å²) in [5.41, 5.74) is 1.21. The number of carbonyl (C=O) groups excluding carboxylic acids is 2. The van der Waals surface area contributed by atoms with Crippen molar-refractivity contribution in [3.05, 3.63) is 35.8 Å². The minimum atomic E-state index is 0.276. The SMILES string of the molecule is O=Cc1cc2cc3oc(C=O)cc3cc2o1. The molecule has 0 fully saturated rings. The third-order valence-electron chi connectivity index (χ3n) is 2.43. The van der Waals surface area contributed by atoms with Gasteiger partial charge in [0, 0.05) is 10.8 Å². The molecule has 0 atom stereocenters. The van der Waals surface area contributed by atoms with Gasteiger partial charge in [0.05, 0.1) is 0 Å². The number of aldehydes is 2. The van der Waals surface area contributed by atoms with Crippen LogP contribution in [0.15, 0.2) is 33.1 Å². The van der Waals surface area contributed by atoms with Crippen LogP contribution in [0.3, 0.4) is 0 Å². The van der Waals surface area contributed by atoms with Crippen LogP contribution in [0.1, 0.15) is 21.1 Å². The van der Waals surface area contributed by atoms with Crippen LogP contribution in [0.4, 0.5) is 0 Å². The molecule has 1 aromatic carbocycles. The molecule has 0 radical (unpaired) electrons. The maximum Gasteiger partial charge on any atom is 0.185 e. The smallest absolute Gasteiger partial charge is 0.185 e. The summed E-state index contributed by atoms with van der Waals surface area (Å²) < 4.78 is 10.5. The van der Waals surface area contributed by atoms with E-state index in [4.69, 9.17) is 8.83 Å². The average molecular weight is 214 g/mol. The first-order valence-corrected chi connectivity index (χ1v) is 4.67. The Bertz CT molecular complexity index is 594. The van der Waals surface area contributed by atoms with Crippen molar-refractivity contribution < 1.29 is 18.4 Å². The van der Waals surface area contributed by atoms with Gasteiger partial charge in [-0.25, -0.2) is 0 Å². The Labute approximate surface area is 89.4 Å². The van der Waals surface area contributed by atoms with Crippen LogP contribution >= 0.6 is 0 Å². The van der Waals surface area contributed by atoms with Crippen LogP contribution in [0.25, 0.3) is 21.9 Å². The van der Waals surface area contributed by atoms with Crippen LogP contribution in [-0.4, -0.2) is 12.6 Å². The maximum atomic E-state index is 10.5. The fraction of sp³-hybridized carbons (Fsp3) is 0. The molecule has 0 aliphatic rings. The molecule has 0 N–H and O–H groups in total. The standard InChI is InChI=1S/C12H6O4/c13-5-9-1-7-3-12-8(4-11(7)15-9)2-10(6-14)16-12/h1-6H. The Balaban J connectivity index is 2.36. The molecular formula is C12H6O4. The summed E-state index contributed by atoms with van der Waals surface area (Å²) in [7, 11) is 0. The van der Waals surface area contributed by atoms with Gasteiger partial charge in [-0.2, -0.15) is 0 Å². The molecule has 16 heavy (non-hydrogen) atoms. The molecular weight excluding hydrogens is 208 g/mol. The first kappa shape index (κ1) is 8.91. The summed E-state index contributed by atoms with van der Waals surface area (Å²) in [6.45, 7) is 0. The molecule has 0 saturated heterocycles. The second-order valence-electron chi connectivity index (χ2n) is 3.46. The highest BCUT2D eigenvalue weighted by molar-refractivity contribution is 5.97. The van der Waals surface area contributed by atoms with E-state index in [1.807, 2.05) is 0 Å². The monoisotopic (exact) mass is 214 g/mol. The number of benzene rings is 1. The number of carbonyl (C=O) groups is 2. The highest BCUT2D eigenvalue weighted by Crippen LogP contribution is 2.27. The minimum absolute atomic E-state index is 0.276. The molecule has 0 aliphatic heterocycles. The lowest BCUT2D eigenvalue weighted by Crippen LogP contribution is -1.66. The first-order valence-electron chi connectivity index (χ1n) is 4.67. The van der Waals surface area contributed by atoms with Gasteiger partial charge in [0.1, 0.15) is 11.2 Å². The molecule has 4 nitrogen and oxygen atoms in total. The van der Waals surface area contributed by atoms with E-state index in [9.17, 15) is 9.59 Å². The number of fused-ring (bicyclic) bond motifs is 2. The minimum Gasteiger partial charge on any atom is -0.453 e. The van der Waals surface area contributed by atoms with Gasteiger partial charge in [0.2, 0.25) is 0 Å². The van der Waals surface area contributed by atoms with Crippen molar-refractivity contribution in [1.82, 2.24) is 0 Å². The summed E-state index contributed by atoms with van der Waals surface area (Å²) >= 11 is 0. The van der Waals surface area contributed by atoms with Crippen molar-refractivity contribution in [1.29, 1.82) is 0 Å². The molecule has 0 saturated carbocycles. The first-order chi connectivity index (χ1) is 7.80. The molecule has 3 aromatic rings. The number of hydrogen-bond acceptors (Lipinski definition) is 4. The van der Waals surface area contributed by atoms with Crippen molar-refractivity contribution in [3.63, 3.8) is 0 Å². The second-order valence-corrected chi connectivity index (χ2v) is 3.46. The average Bonchev–Trinajstić information content (AvgIpc) is 2.86. The van der Waals surface area contributed by atoms with Crippen LogP contribution in [-0.2, 0) is 0 Å². The largest absolute Gasteiger partial charge is 0.453 e. The van der Waals surface area contributed by atoms with Crippen LogP contribution in [0.2, 0.25) is 0 Å². The molecule has 0 amide bonds. The summed E-state index contributed by atoms with van der Waals surface area (Å²) in [6.07, 6.45) is 1.30. The summed E-state index contributed by atoms with van der Waals surface area (Å²) in [4.78, 5) is 21.1. The Kier molecular flexibility index (Phi) is 1.71. The van der Waals surface area contributed by atoms with Gasteiger partial charge >= 0.3 is 0 Å². The zero-order chi connectivity index (χ0) is 11.1. The van der Waals surface area contributed by atoms with Gasteiger partial charge in [-0.1, -0.05) is 0 Å². The molecule has 0 aliphatic carbocycles. The fourth-order valence-corrected chi connectivity index (χ4v) is 1.73. The normalized spacial score (nSPS) is 11.0. The third kappa shape index (κ3) is 1.16.